The second-order valence-electron chi connectivity index (χ2n) is 6.02. The van der Waals surface area contributed by atoms with Gasteiger partial charge in [-0.25, -0.2) is 0 Å². The van der Waals surface area contributed by atoms with E-state index in [1.54, 1.807) is 21.3 Å². The van der Waals surface area contributed by atoms with Crippen LogP contribution < -0.4 is 20.1 Å². The van der Waals surface area contributed by atoms with Gasteiger partial charge < -0.3 is 29.7 Å². The fourth-order valence-corrected chi connectivity index (χ4v) is 2.60. The molecule has 0 radical (unpaired) electrons. The Hall–Kier alpha value is -1.99. The molecule has 1 rings (SSSR count). The maximum atomic E-state index is 5.43. The zero-order valence-electron chi connectivity index (χ0n) is 17.0. The van der Waals surface area contributed by atoms with E-state index >= 15 is 0 Å². The maximum absolute atomic E-state index is 5.43. The highest BCUT2D eigenvalue weighted by atomic mass is 16.5. The van der Waals surface area contributed by atoms with Crippen molar-refractivity contribution in [1.29, 1.82) is 0 Å². The minimum atomic E-state index is 0.164. The molecule has 0 aromatic heterocycles. The fraction of sp³-hybridized carbons (Fsp3) is 0.632. The molecule has 0 aliphatic carbocycles. The molecule has 0 aliphatic rings. The molecule has 7 nitrogen and oxygen atoms in total. The lowest BCUT2D eigenvalue weighted by Gasteiger charge is -2.26. The highest BCUT2D eigenvalue weighted by molar-refractivity contribution is 5.79. The summed E-state index contributed by atoms with van der Waals surface area (Å²) in [6.45, 7) is 5.05. The quantitative estimate of drug-likeness (QED) is 0.354. The Bertz CT molecular complexity index is 550. The molecule has 0 amide bonds. The molecular formula is C19H34N4O3. The predicted molar refractivity (Wildman–Crippen MR) is 106 cm³/mol. The molecule has 7 heteroatoms. The van der Waals surface area contributed by atoms with Crippen LogP contribution in [0.25, 0.3) is 0 Å². The van der Waals surface area contributed by atoms with Gasteiger partial charge in [-0.15, -0.1) is 0 Å². The smallest absolute Gasteiger partial charge is 0.191 e. The Morgan fingerprint density at radius 3 is 2.46 bits per heavy atom. The molecule has 1 aromatic rings. The monoisotopic (exact) mass is 366 g/mol. The second-order valence-corrected chi connectivity index (χ2v) is 6.02. The average molecular weight is 367 g/mol. The molecule has 0 heterocycles. The van der Waals surface area contributed by atoms with Crippen molar-refractivity contribution in [3.05, 3.63) is 23.8 Å². The molecule has 1 aromatic carbocycles. The molecule has 0 saturated carbocycles. The van der Waals surface area contributed by atoms with Gasteiger partial charge >= 0.3 is 0 Å². The maximum Gasteiger partial charge on any atom is 0.191 e. The number of hydrogen-bond acceptors (Lipinski definition) is 5. The third-order valence-electron chi connectivity index (χ3n) is 4.06. The van der Waals surface area contributed by atoms with Crippen molar-refractivity contribution in [3.63, 3.8) is 0 Å². The number of hydrogen-bond donors (Lipinski definition) is 2. The highest BCUT2D eigenvalue weighted by Gasteiger charge is 2.17. The molecule has 0 saturated heterocycles. The van der Waals surface area contributed by atoms with E-state index in [2.05, 4.69) is 40.7 Å². The first-order valence-corrected chi connectivity index (χ1v) is 8.97. The second kappa shape index (κ2) is 12.4. The first kappa shape index (κ1) is 22.1. The van der Waals surface area contributed by atoms with Crippen molar-refractivity contribution in [2.45, 2.75) is 19.4 Å². The Labute approximate surface area is 157 Å². The first-order valence-electron chi connectivity index (χ1n) is 8.97. The molecule has 148 valence electrons. The van der Waals surface area contributed by atoms with E-state index < -0.39 is 0 Å². The van der Waals surface area contributed by atoms with Gasteiger partial charge in [-0.1, -0.05) is 6.07 Å². The van der Waals surface area contributed by atoms with Crippen LogP contribution in [0.15, 0.2) is 23.2 Å². The van der Waals surface area contributed by atoms with Crippen LogP contribution in [-0.2, 0) is 4.74 Å². The molecule has 0 spiro atoms. The van der Waals surface area contributed by atoms with Crippen LogP contribution in [0, 0.1) is 0 Å². The third kappa shape index (κ3) is 7.09. The van der Waals surface area contributed by atoms with E-state index in [4.69, 9.17) is 14.2 Å². The van der Waals surface area contributed by atoms with Gasteiger partial charge in [0.05, 0.1) is 20.3 Å². The predicted octanol–water partition coefficient (Wildman–Crippen LogP) is 1.90. The number of nitrogens with one attached hydrogen (secondary N) is 2. The van der Waals surface area contributed by atoms with Crippen LogP contribution in [0.3, 0.4) is 0 Å². The van der Waals surface area contributed by atoms with Gasteiger partial charge in [0.25, 0.3) is 0 Å². The summed E-state index contributed by atoms with van der Waals surface area (Å²) >= 11 is 0. The van der Waals surface area contributed by atoms with E-state index in [-0.39, 0.29) is 6.04 Å². The minimum absolute atomic E-state index is 0.164. The summed E-state index contributed by atoms with van der Waals surface area (Å²) < 4.78 is 16.1. The zero-order valence-corrected chi connectivity index (χ0v) is 17.0. The Balaban J connectivity index is 2.67. The van der Waals surface area contributed by atoms with Crippen molar-refractivity contribution >= 4 is 5.96 Å². The molecule has 0 fully saturated rings. The van der Waals surface area contributed by atoms with Gasteiger partial charge in [0.2, 0.25) is 0 Å². The van der Waals surface area contributed by atoms with Crippen LogP contribution in [0.4, 0.5) is 0 Å². The third-order valence-corrected chi connectivity index (χ3v) is 4.06. The van der Waals surface area contributed by atoms with E-state index in [0.29, 0.717) is 6.54 Å². The molecule has 0 bridgehead atoms. The molecule has 26 heavy (non-hydrogen) atoms. The van der Waals surface area contributed by atoms with Gasteiger partial charge in [0.1, 0.15) is 0 Å². The van der Waals surface area contributed by atoms with E-state index in [1.807, 2.05) is 19.1 Å². The summed E-state index contributed by atoms with van der Waals surface area (Å²) in [7, 11) is 9.18. The lowest BCUT2D eigenvalue weighted by atomic mass is 10.1. The van der Waals surface area contributed by atoms with E-state index in [9.17, 15) is 0 Å². The summed E-state index contributed by atoms with van der Waals surface area (Å²) in [6, 6.07) is 6.18. The summed E-state index contributed by atoms with van der Waals surface area (Å²) in [6.07, 6.45) is 0.946. The van der Waals surface area contributed by atoms with Crippen LogP contribution in [0.1, 0.15) is 24.9 Å². The van der Waals surface area contributed by atoms with Crippen LogP contribution in [-0.4, -0.2) is 72.5 Å². The van der Waals surface area contributed by atoms with Crippen molar-refractivity contribution in [2.24, 2.45) is 4.99 Å². The number of aliphatic imine (C=N–C) groups is 1. The number of benzene rings is 1. The van der Waals surface area contributed by atoms with Crippen LogP contribution in [0.2, 0.25) is 0 Å². The topological polar surface area (TPSA) is 67.3 Å². The van der Waals surface area contributed by atoms with Gasteiger partial charge in [-0.3, -0.25) is 4.99 Å². The van der Waals surface area contributed by atoms with Gasteiger partial charge in [0, 0.05) is 33.4 Å². The summed E-state index contributed by atoms with van der Waals surface area (Å²) in [5, 5.41) is 6.70. The average Bonchev–Trinajstić information content (AvgIpc) is 2.65. The Morgan fingerprint density at radius 1 is 1.15 bits per heavy atom. The standard InChI is InChI=1S/C19H34N4O3/c1-7-26-12-8-11-21-19(20-2)22-14-16(23(3)4)15-9-10-17(24-5)18(13-15)25-6/h9-10,13,16H,7-8,11-12,14H2,1-6H3,(H2,20,21,22). The van der Waals surface area contributed by atoms with Crippen molar-refractivity contribution in [1.82, 2.24) is 15.5 Å². The summed E-state index contributed by atoms with van der Waals surface area (Å²) in [5.74, 6) is 2.25. The summed E-state index contributed by atoms with van der Waals surface area (Å²) in [4.78, 5) is 6.45. The van der Waals surface area contributed by atoms with E-state index in [1.165, 1.54) is 0 Å². The van der Waals surface area contributed by atoms with Gasteiger partial charge in [-0.2, -0.15) is 0 Å². The van der Waals surface area contributed by atoms with Gasteiger partial charge in [0.15, 0.2) is 17.5 Å². The van der Waals surface area contributed by atoms with Crippen molar-refractivity contribution in [2.75, 3.05) is 61.7 Å². The molecular weight excluding hydrogens is 332 g/mol. The van der Waals surface area contributed by atoms with Gasteiger partial charge in [-0.05, 0) is 45.1 Å². The highest BCUT2D eigenvalue weighted by Crippen LogP contribution is 2.31. The molecule has 1 unspecified atom stereocenters. The summed E-state index contributed by atoms with van der Waals surface area (Å²) in [5.41, 5.74) is 1.15. The number of rotatable bonds is 11. The van der Waals surface area contributed by atoms with Crippen LogP contribution >= 0.6 is 0 Å². The number of methoxy groups -OCH3 is 2. The Morgan fingerprint density at radius 2 is 1.88 bits per heavy atom. The largest absolute Gasteiger partial charge is 0.493 e. The first-order chi connectivity index (χ1) is 12.6. The lowest BCUT2D eigenvalue weighted by Crippen LogP contribution is -2.42. The van der Waals surface area contributed by atoms with Crippen molar-refractivity contribution in [3.8, 4) is 11.5 Å². The lowest BCUT2D eigenvalue weighted by molar-refractivity contribution is 0.145. The number of ether oxygens (including phenoxy) is 3. The minimum Gasteiger partial charge on any atom is -0.493 e. The van der Waals surface area contributed by atoms with Crippen LogP contribution in [0.5, 0.6) is 11.5 Å². The molecule has 1 atom stereocenters. The SMILES string of the molecule is CCOCCCNC(=NC)NCC(c1ccc(OC)c(OC)c1)N(C)C. The zero-order chi connectivity index (χ0) is 19.4. The number of nitrogens with zero attached hydrogens (tertiary/aromatic N) is 2. The molecule has 2 N–H and O–H groups in total. The normalized spacial score (nSPS) is 12.8. The molecule has 0 aliphatic heterocycles. The number of likely N-dealkylation sites (N-methyl/N-ethyl adjacent to an activating group) is 1. The van der Waals surface area contributed by atoms with Crippen molar-refractivity contribution < 1.29 is 14.2 Å². The Kier molecular flexibility index (Phi) is 10.5. The number of guanidine groups is 1. The fourth-order valence-electron chi connectivity index (χ4n) is 2.60. The van der Waals surface area contributed by atoms with E-state index in [0.717, 1.165) is 49.2 Å².